The first-order chi connectivity index (χ1) is 6.38. The molecule has 0 saturated carbocycles. The van der Waals surface area contributed by atoms with Gasteiger partial charge >= 0.3 is 0 Å². The fourth-order valence-electron chi connectivity index (χ4n) is 0.512. The molecule has 2 heteroatoms. The first kappa shape index (κ1) is 15.5. The largest absolute Gasteiger partial charge is 0.497 e. The first-order valence-electron chi connectivity index (χ1n) is 4.48. The van der Waals surface area contributed by atoms with Gasteiger partial charge in [-0.2, -0.15) is 0 Å². The third kappa shape index (κ3) is 7.62. The molecule has 2 N–H and O–H groups in total. The topological polar surface area (TPSA) is 32.1 Å². The van der Waals surface area contributed by atoms with Crippen molar-refractivity contribution < 1.29 is 9.84 Å². The monoisotopic (exact) mass is 199 g/mol. The van der Waals surface area contributed by atoms with Crippen LogP contribution in [0, 0.1) is 5.41 Å². The molecular formula is C12H23O2+. The van der Waals surface area contributed by atoms with E-state index in [9.17, 15) is 0 Å². The summed E-state index contributed by atoms with van der Waals surface area (Å²) in [4.78, 5) is 0. The fraction of sp³-hybridized carbons (Fsp3) is 0.500. The molecule has 0 atom stereocenters. The van der Waals surface area contributed by atoms with E-state index >= 15 is 0 Å². The highest BCUT2D eigenvalue weighted by Crippen LogP contribution is 2.24. The van der Waals surface area contributed by atoms with Gasteiger partial charge in [-0.3, -0.25) is 0 Å². The van der Waals surface area contributed by atoms with Gasteiger partial charge in [-0.25, -0.2) is 0 Å². The van der Waals surface area contributed by atoms with Gasteiger partial charge in [0.15, 0.2) is 0 Å². The summed E-state index contributed by atoms with van der Waals surface area (Å²) in [5, 5.41) is 5.75. The number of ether oxygens (including phenoxy) is 1. The van der Waals surface area contributed by atoms with Crippen LogP contribution in [0.5, 0.6) is 0 Å². The van der Waals surface area contributed by atoms with Crippen LogP contribution in [0.2, 0.25) is 0 Å². The summed E-state index contributed by atoms with van der Waals surface area (Å²) < 4.78 is 4.89. The van der Waals surface area contributed by atoms with Gasteiger partial charge in [0, 0.05) is 0 Å². The summed E-state index contributed by atoms with van der Waals surface area (Å²) in [6.45, 7) is 14.0. The average Bonchev–Trinajstić information content (AvgIpc) is 2.15. The van der Waals surface area contributed by atoms with Gasteiger partial charge in [-0.15, -0.1) is 0 Å². The summed E-state index contributed by atoms with van der Waals surface area (Å²) in [6, 6.07) is 0. The fourth-order valence-corrected chi connectivity index (χ4v) is 0.512. The highest BCUT2D eigenvalue weighted by molar-refractivity contribution is 5.25. The maximum Gasteiger partial charge on any atom is 0.133 e. The zero-order valence-electron chi connectivity index (χ0n) is 9.98. The predicted molar refractivity (Wildman–Crippen MR) is 63.4 cm³/mol. The molecule has 0 aromatic rings. The van der Waals surface area contributed by atoms with E-state index in [2.05, 4.69) is 33.9 Å². The average molecular weight is 199 g/mol. The van der Waals surface area contributed by atoms with Gasteiger partial charge in [-0.05, 0) is 17.1 Å². The molecule has 0 radical (unpaired) electrons. The van der Waals surface area contributed by atoms with Crippen molar-refractivity contribution in [3.05, 3.63) is 36.6 Å². The standard InChI is InChI=1S/C11H18O.CH4O/c1-9(11(3,4)5)7-8-10(2)12-6;1-2/h7-8H,1-2H2,3-6H3;2H,1H3/p+1/b8-7-;. The molecule has 0 aliphatic carbocycles. The maximum atomic E-state index is 5.75. The highest BCUT2D eigenvalue weighted by Gasteiger charge is 2.11. The quantitative estimate of drug-likeness (QED) is 0.390. The van der Waals surface area contributed by atoms with Crippen LogP contribution in [-0.2, 0) is 4.74 Å². The van der Waals surface area contributed by atoms with Crippen molar-refractivity contribution in [2.75, 3.05) is 14.2 Å². The maximum absolute atomic E-state index is 5.75. The van der Waals surface area contributed by atoms with E-state index in [1.54, 1.807) is 7.11 Å². The molecule has 0 unspecified atom stereocenters. The summed E-state index contributed by atoms with van der Waals surface area (Å²) in [6.07, 6.45) is 3.76. The van der Waals surface area contributed by atoms with Gasteiger partial charge in [0.2, 0.25) is 0 Å². The third-order valence-corrected chi connectivity index (χ3v) is 1.70. The minimum absolute atomic E-state index is 0.116. The Bertz CT molecular complexity index is 207. The number of hydrogen-bond acceptors (Lipinski definition) is 1. The number of hydrogen-bond donors (Lipinski definition) is 0. The van der Waals surface area contributed by atoms with Crippen LogP contribution in [0.15, 0.2) is 36.6 Å². The molecule has 0 fully saturated rings. The lowest BCUT2D eigenvalue weighted by Crippen LogP contribution is -2.05. The van der Waals surface area contributed by atoms with E-state index in [0.29, 0.717) is 5.76 Å². The SMILES string of the molecule is C=C(/C=C\C(=C)C(C)(C)C)OC.C[OH2+]. The zero-order chi connectivity index (χ0) is 11.8. The zero-order valence-corrected chi connectivity index (χ0v) is 9.98. The molecule has 0 rings (SSSR count). The summed E-state index contributed by atoms with van der Waals surface area (Å²) in [5.74, 6) is 0.653. The van der Waals surface area contributed by atoms with Gasteiger partial charge in [0.05, 0.1) is 7.11 Å². The van der Waals surface area contributed by atoms with Crippen LogP contribution in [0.1, 0.15) is 20.8 Å². The van der Waals surface area contributed by atoms with Crippen LogP contribution in [0.3, 0.4) is 0 Å². The lowest BCUT2D eigenvalue weighted by Gasteiger charge is -2.18. The molecule has 0 amide bonds. The van der Waals surface area contributed by atoms with Crippen molar-refractivity contribution in [2.24, 2.45) is 5.41 Å². The Kier molecular flexibility index (Phi) is 8.16. The lowest BCUT2D eigenvalue weighted by atomic mass is 9.87. The molecule has 14 heavy (non-hydrogen) atoms. The molecule has 0 aliphatic heterocycles. The third-order valence-electron chi connectivity index (χ3n) is 1.70. The highest BCUT2D eigenvalue weighted by atomic mass is 16.5. The normalized spacial score (nSPS) is 10.4. The molecule has 0 aromatic heterocycles. The van der Waals surface area contributed by atoms with Gasteiger partial charge < -0.3 is 9.84 Å². The second-order valence-corrected chi connectivity index (χ2v) is 3.78. The molecule has 0 aliphatic rings. The molecule has 0 aromatic carbocycles. The summed E-state index contributed by atoms with van der Waals surface area (Å²) in [7, 11) is 2.85. The minimum atomic E-state index is 0.116. The van der Waals surface area contributed by atoms with Gasteiger partial charge in [0.1, 0.15) is 12.9 Å². The molecule has 0 bridgehead atoms. The van der Waals surface area contributed by atoms with Gasteiger partial charge in [-0.1, -0.05) is 40.0 Å². The Morgan fingerprint density at radius 3 is 1.86 bits per heavy atom. The molecule has 0 saturated heterocycles. The number of rotatable bonds is 3. The molecule has 0 heterocycles. The summed E-state index contributed by atoms with van der Waals surface area (Å²) in [5.41, 5.74) is 1.19. The second kappa shape index (κ2) is 7.39. The van der Waals surface area contributed by atoms with Crippen molar-refractivity contribution >= 4 is 0 Å². The van der Waals surface area contributed by atoms with E-state index in [4.69, 9.17) is 9.84 Å². The Morgan fingerprint density at radius 2 is 1.57 bits per heavy atom. The van der Waals surface area contributed by atoms with Crippen LogP contribution in [0.4, 0.5) is 0 Å². The minimum Gasteiger partial charge on any atom is -0.497 e. The smallest absolute Gasteiger partial charge is 0.133 e. The van der Waals surface area contributed by atoms with E-state index in [1.807, 2.05) is 12.2 Å². The molecular weight excluding hydrogens is 176 g/mol. The van der Waals surface area contributed by atoms with Crippen molar-refractivity contribution in [3.8, 4) is 0 Å². The van der Waals surface area contributed by atoms with Crippen LogP contribution < -0.4 is 0 Å². The predicted octanol–water partition coefficient (Wildman–Crippen LogP) is 2.65. The number of methoxy groups -OCH3 is 1. The number of allylic oxidation sites excluding steroid dienone is 3. The van der Waals surface area contributed by atoms with E-state index in [0.717, 1.165) is 5.57 Å². The Hall–Kier alpha value is -1.02. The Morgan fingerprint density at radius 1 is 1.14 bits per heavy atom. The van der Waals surface area contributed by atoms with E-state index in [-0.39, 0.29) is 5.41 Å². The van der Waals surface area contributed by atoms with Crippen molar-refractivity contribution in [3.63, 3.8) is 0 Å². The van der Waals surface area contributed by atoms with Crippen molar-refractivity contribution in [2.45, 2.75) is 20.8 Å². The van der Waals surface area contributed by atoms with Crippen LogP contribution in [0.25, 0.3) is 0 Å². The first-order valence-corrected chi connectivity index (χ1v) is 4.48. The Balaban J connectivity index is 0. The van der Waals surface area contributed by atoms with Crippen LogP contribution >= 0.6 is 0 Å². The Labute approximate surface area is 87.6 Å². The second-order valence-electron chi connectivity index (χ2n) is 3.78. The van der Waals surface area contributed by atoms with E-state index in [1.165, 1.54) is 7.11 Å². The molecule has 2 nitrogen and oxygen atoms in total. The van der Waals surface area contributed by atoms with Crippen molar-refractivity contribution in [1.29, 1.82) is 0 Å². The lowest BCUT2D eigenvalue weighted by molar-refractivity contribution is 0.308. The molecule has 82 valence electrons. The summed E-state index contributed by atoms with van der Waals surface area (Å²) >= 11 is 0. The van der Waals surface area contributed by atoms with Crippen molar-refractivity contribution in [1.82, 2.24) is 0 Å². The van der Waals surface area contributed by atoms with Gasteiger partial charge in [0.25, 0.3) is 0 Å². The van der Waals surface area contributed by atoms with E-state index < -0.39 is 0 Å². The van der Waals surface area contributed by atoms with Crippen LogP contribution in [-0.4, -0.2) is 19.3 Å². The molecule has 0 spiro atoms.